The number of likely N-dealkylation sites (N-methyl/N-ethyl adjacent to an activating group) is 1. The second-order valence-electron chi connectivity index (χ2n) is 3.39. The zero-order valence-corrected chi connectivity index (χ0v) is 8.73. The van der Waals surface area contributed by atoms with Gasteiger partial charge in [0.2, 0.25) is 0 Å². The fraction of sp³-hybridized carbons (Fsp3) is 1.00. The van der Waals surface area contributed by atoms with Crippen LogP contribution in [0.25, 0.3) is 0 Å². The van der Waals surface area contributed by atoms with E-state index in [0.29, 0.717) is 11.8 Å². The molecule has 0 radical (unpaired) electrons. The summed E-state index contributed by atoms with van der Waals surface area (Å²) in [7, 11) is 1.61. The molecule has 4 nitrogen and oxygen atoms in total. The number of hydrogen-bond donors (Lipinski definition) is 1. The lowest BCUT2D eigenvalue weighted by Gasteiger charge is -2.42. The largest absolute Gasteiger partial charge is 0.304 e. The minimum Gasteiger partial charge on any atom is -0.304 e. The van der Waals surface area contributed by atoms with E-state index in [-0.39, 0.29) is 0 Å². The minimum absolute atomic E-state index is 0.438. The molecule has 5 heteroatoms. The van der Waals surface area contributed by atoms with E-state index in [9.17, 15) is 4.21 Å². The van der Waals surface area contributed by atoms with Crippen molar-refractivity contribution < 1.29 is 4.21 Å². The highest BCUT2D eigenvalue weighted by Crippen LogP contribution is 2.17. The number of rotatable bonds is 3. The minimum atomic E-state index is -2.42. The van der Waals surface area contributed by atoms with Gasteiger partial charge in [0.1, 0.15) is 9.92 Å². The predicted molar refractivity (Wildman–Crippen MR) is 50.5 cm³/mol. The third-order valence-electron chi connectivity index (χ3n) is 2.37. The molecular formula is C7H17N3OS. The van der Waals surface area contributed by atoms with E-state index < -0.39 is 9.92 Å². The first-order chi connectivity index (χ1) is 5.47. The molecule has 0 aliphatic carbocycles. The van der Waals surface area contributed by atoms with Crippen molar-refractivity contribution >= 4 is 9.92 Å². The smallest absolute Gasteiger partial charge is 0.107 e. The maximum absolute atomic E-state index is 11.5. The van der Waals surface area contributed by atoms with Gasteiger partial charge in [0.15, 0.2) is 0 Å². The lowest BCUT2D eigenvalue weighted by Crippen LogP contribution is -2.59. The van der Waals surface area contributed by atoms with Crippen LogP contribution in [0.2, 0.25) is 0 Å². The zero-order chi connectivity index (χ0) is 9.35. The zero-order valence-electron chi connectivity index (χ0n) is 7.91. The summed E-state index contributed by atoms with van der Waals surface area (Å²) in [6.07, 6.45) is 0. The van der Waals surface area contributed by atoms with Crippen LogP contribution < -0.4 is 0 Å². The van der Waals surface area contributed by atoms with Crippen molar-refractivity contribution in [3.8, 4) is 0 Å². The average molecular weight is 191 g/mol. The van der Waals surface area contributed by atoms with Gasteiger partial charge in [-0.2, -0.15) is 0 Å². The van der Waals surface area contributed by atoms with Crippen molar-refractivity contribution in [2.24, 2.45) is 0 Å². The lowest BCUT2D eigenvalue weighted by molar-refractivity contribution is 0.137. The molecule has 1 fully saturated rings. The highest BCUT2D eigenvalue weighted by Gasteiger charge is 2.33. The Bertz CT molecular complexity index is 241. The summed E-state index contributed by atoms with van der Waals surface area (Å²) < 4.78 is 20.7. The van der Waals surface area contributed by atoms with Gasteiger partial charge in [0.05, 0.1) is 0 Å². The van der Waals surface area contributed by atoms with E-state index in [2.05, 4.69) is 4.90 Å². The number of hydrogen-bond acceptors (Lipinski definition) is 3. The normalized spacial score (nSPS) is 25.3. The summed E-state index contributed by atoms with van der Waals surface area (Å²) in [4.78, 5) is 2.11. The molecule has 0 amide bonds. The van der Waals surface area contributed by atoms with Crippen molar-refractivity contribution in [3.63, 3.8) is 0 Å². The highest BCUT2D eigenvalue weighted by atomic mass is 32.2. The Kier molecular flexibility index (Phi) is 2.75. The van der Waals surface area contributed by atoms with Crippen LogP contribution >= 0.6 is 0 Å². The SMILES string of the molecule is CCS(=N)(=O)N1CC(N(C)C)C1. The van der Waals surface area contributed by atoms with Gasteiger partial charge < -0.3 is 4.90 Å². The molecule has 1 aliphatic rings. The van der Waals surface area contributed by atoms with Gasteiger partial charge in [0.25, 0.3) is 0 Å². The lowest BCUT2D eigenvalue weighted by atomic mass is 10.2. The monoisotopic (exact) mass is 191 g/mol. The fourth-order valence-electron chi connectivity index (χ4n) is 1.17. The van der Waals surface area contributed by atoms with Crippen molar-refractivity contribution in [2.75, 3.05) is 32.9 Å². The first-order valence-corrected chi connectivity index (χ1v) is 5.83. The maximum Gasteiger partial charge on any atom is 0.107 e. The van der Waals surface area contributed by atoms with Crippen LogP contribution in [0.15, 0.2) is 0 Å². The van der Waals surface area contributed by atoms with Crippen molar-refractivity contribution in [3.05, 3.63) is 0 Å². The van der Waals surface area contributed by atoms with Gasteiger partial charge in [-0.1, -0.05) is 6.92 Å². The Morgan fingerprint density at radius 2 is 2.08 bits per heavy atom. The Morgan fingerprint density at radius 1 is 1.58 bits per heavy atom. The molecular weight excluding hydrogens is 174 g/mol. The first kappa shape index (κ1) is 9.95. The van der Waals surface area contributed by atoms with Gasteiger partial charge >= 0.3 is 0 Å². The number of nitrogens with one attached hydrogen (secondary N) is 1. The van der Waals surface area contributed by atoms with E-state index in [1.165, 1.54) is 0 Å². The molecule has 0 spiro atoms. The van der Waals surface area contributed by atoms with Crippen LogP contribution in [0.4, 0.5) is 0 Å². The topological polar surface area (TPSA) is 47.4 Å². The van der Waals surface area contributed by atoms with Crippen LogP contribution in [-0.2, 0) is 9.92 Å². The Labute approximate surface area is 74.6 Å². The predicted octanol–water partition coefficient (Wildman–Crippen LogP) is 0.214. The highest BCUT2D eigenvalue weighted by molar-refractivity contribution is 7.90. The molecule has 1 aliphatic heterocycles. The molecule has 0 aromatic rings. The van der Waals surface area contributed by atoms with Crippen LogP contribution in [0.5, 0.6) is 0 Å². The molecule has 12 heavy (non-hydrogen) atoms. The molecule has 1 unspecified atom stereocenters. The van der Waals surface area contributed by atoms with Crippen molar-refractivity contribution in [2.45, 2.75) is 13.0 Å². The maximum atomic E-state index is 11.5. The summed E-state index contributed by atoms with van der Waals surface area (Å²) in [6.45, 7) is 3.37. The van der Waals surface area contributed by atoms with Gasteiger partial charge in [-0.25, -0.2) is 13.3 Å². The van der Waals surface area contributed by atoms with E-state index >= 15 is 0 Å². The summed E-state index contributed by atoms with van der Waals surface area (Å²) in [5.74, 6) is 0.438. The van der Waals surface area contributed by atoms with E-state index in [0.717, 1.165) is 13.1 Å². The first-order valence-electron chi connectivity index (χ1n) is 4.15. The third kappa shape index (κ3) is 1.78. The molecule has 1 atom stereocenters. The van der Waals surface area contributed by atoms with Crippen LogP contribution in [-0.4, -0.2) is 52.4 Å². The third-order valence-corrected chi connectivity index (χ3v) is 4.28. The summed E-state index contributed by atoms with van der Waals surface area (Å²) >= 11 is 0. The molecule has 1 saturated heterocycles. The molecule has 0 saturated carbocycles. The Hall–Kier alpha value is -0.130. The van der Waals surface area contributed by atoms with Gasteiger partial charge in [-0.15, -0.1) is 0 Å². The summed E-state index contributed by atoms with van der Waals surface area (Å²) in [5, 5.41) is 0. The second-order valence-corrected chi connectivity index (χ2v) is 5.77. The molecule has 72 valence electrons. The van der Waals surface area contributed by atoms with E-state index in [1.807, 2.05) is 14.1 Å². The fourth-order valence-corrected chi connectivity index (χ4v) is 2.36. The molecule has 1 heterocycles. The van der Waals surface area contributed by atoms with Crippen LogP contribution in [0.1, 0.15) is 6.92 Å². The quantitative estimate of drug-likeness (QED) is 0.693. The number of nitrogens with zero attached hydrogens (tertiary/aromatic N) is 2. The van der Waals surface area contributed by atoms with Gasteiger partial charge in [0, 0.05) is 24.9 Å². The Balaban J connectivity index is 2.45. The van der Waals surface area contributed by atoms with Crippen molar-refractivity contribution in [1.29, 1.82) is 4.78 Å². The van der Waals surface area contributed by atoms with E-state index in [1.54, 1.807) is 11.2 Å². The summed E-state index contributed by atoms with van der Waals surface area (Å²) in [6, 6.07) is 0.489. The molecule has 1 N–H and O–H groups in total. The van der Waals surface area contributed by atoms with Gasteiger partial charge in [-0.3, -0.25) is 0 Å². The molecule has 0 bridgehead atoms. The van der Waals surface area contributed by atoms with Crippen LogP contribution in [0, 0.1) is 4.78 Å². The second kappa shape index (κ2) is 3.32. The molecule has 0 aromatic carbocycles. The van der Waals surface area contributed by atoms with Crippen LogP contribution in [0.3, 0.4) is 0 Å². The van der Waals surface area contributed by atoms with Gasteiger partial charge in [-0.05, 0) is 14.1 Å². The molecule has 0 aromatic heterocycles. The average Bonchev–Trinajstić information content (AvgIpc) is 1.82. The Morgan fingerprint density at radius 3 is 2.42 bits per heavy atom. The summed E-state index contributed by atoms with van der Waals surface area (Å²) in [5.41, 5.74) is 0. The van der Waals surface area contributed by atoms with E-state index in [4.69, 9.17) is 4.78 Å². The van der Waals surface area contributed by atoms with Crippen molar-refractivity contribution in [1.82, 2.24) is 9.21 Å². The standard InChI is InChI=1S/C7H17N3OS/c1-4-12(8,11)10-5-7(6-10)9(2)3/h7-8H,4-6H2,1-3H3. The molecule has 1 rings (SSSR count).